The molecule has 2 aromatic rings. The molecule has 0 radical (unpaired) electrons. The Labute approximate surface area is 127 Å². The monoisotopic (exact) mass is 362 g/mol. The molecule has 0 fully saturated rings. The maximum Gasteiger partial charge on any atom is 0.137 e. The lowest BCUT2D eigenvalue weighted by Crippen LogP contribution is -2.31. The van der Waals surface area contributed by atoms with Crippen LogP contribution in [0.1, 0.15) is 17.2 Å². The topological polar surface area (TPSA) is 38.0 Å². The van der Waals surface area contributed by atoms with Crippen molar-refractivity contribution in [3.8, 4) is 0 Å². The van der Waals surface area contributed by atoms with Gasteiger partial charge in [-0.3, -0.25) is 11.3 Å². The van der Waals surface area contributed by atoms with E-state index >= 15 is 0 Å². The van der Waals surface area contributed by atoms with Crippen LogP contribution in [-0.2, 0) is 6.42 Å². The minimum absolute atomic E-state index is 0.0221. The molecule has 0 bridgehead atoms. The first-order chi connectivity index (χ1) is 9.93. The summed E-state index contributed by atoms with van der Waals surface area (Å²) in [4.78, 5) is 0. The number of benzene rings is 2. The fraction of sp³-hybridized carbons (Fsp3) is 0.143. The van der Waals surface area contributed by atoms with Crippen molar-refractivity contribution >= 4 is 15.9 Å². The first-order valence-electron chi connectivity index (χ1n) is 5.97. The molecule has 2 rings (SSSR count). The van der Waals surface area contributed by atoms with Gasteiger partial charge in [0.25, 0.3) is 0 Å². The molecule has 0 aliphatic rings. The van der Waals surface area contributed by atoms with Crippen molar-refractivity contribution in [3.05, 3.63) is 69.2 Å². The lowest BCUT2D eigenvalue weighted by Gasteiger charge is -2.19. The molecular formula is C14H11BrF4N2. The van der Waals surface area contributed by atoms with Crippen LogP contribution in [0.4, 0.5) is 17.6 Å². The van der Waals surface area contributed by atoms with E-state index in [0.29, 0.717) is 17.7 Å². The zero-order valence-corrected chi connectivity index (χ0v) is 12.2. The maximum atomic E-state index is 13.8. The Hall–Kier alpha value is -1.44. The Bertz CT molecular complexity index is 640. The largest absolute Gasteiger partial charge is 0.271 e. The molecule has 0 aliphatic carbocycles. The van der Waals surface area contributed by atoms with Gasteiger partial charge in [0, 0.05) is 17.7 Å². The normalized spacial score (nSPS) is 12.5. The van der Waals surface area contributed by atoms with E-state index in [1.54, 1.807) is 6.07 Å². The fourth-order valence-electron chi connectivity index (χ4n) is 2.06. The number of hydrazine groups is 1. The van der Waals surface area contributed by atoms with Crippen LogP contribution in [0, 0.1) is 23.3 Å². The van der Waals surface area contributed by atoms with Crippen LogP contribution in [0.25, 0.3) is 0 Å². The summed E-state index contributed by atoms with van der Waals surface area (Å²) in [7, 11) is 0. The quantitative estimate of drug-likeness (QED) is 0.493. The average Bonchev–Trinajstić information content (AvgIpc) is 2.41. The standard InChI is InChI=1S/C14H11BrF4N2/c15-14-7(2-1-3-9(14)17)4-12(21-20)13-10(18)5-8(16)6-11(13)19/h1-3,5-6,12,21H,4,20H2. The zero-order valence-electron chi connectivity index (χ0n) is 10.6. The predicted molar refractivity (Wildman–Crippen MR) is 74.2 cm³/mol. The van der Waals surface area contributed by atoms with Crippen LogP contribution in [-0.4, -0.2) is 0 Å². The summed E-state index contributed by atoms with van der Waals surface area (Å²) in [6.07, 6.45) is 0.0221. The van der Waals surface area contributed by atoms with Crippen molar-refractivity contribution in [1.29, 1.82) is 0 Å². The molecule has 2 aromatic carbocycles. The Morgan fingerprint density at radius 1 is 1.05 bits per heavy atom. The minimum Gasteiger partial charge on any atom is -0.271 e. The Kier molecular flexibility index (Phi) is 4.97. The molecule has 1 atom stereocenters. The lowest BCUT2D eigenvalue weighted by molar-refractivity contribution is 0.461. The van der Waals surface area contributed by atoms with Crippen LogP contribution in [0.2, 0.25) is 0 Å². The average molecular weight is 363 g/mol. The Morgan fingerprint density at radius 3 is 2.24 bits per heavy atom. The van der Waals surface area contributed by atoms with E-state index in [1.165, 1.54) is 12.1 Å². The summed E-state index contributed by atoms with van der Waals surface area (Å²) >= 11 is 3.07. The van der Waals surface area contributed by atoms with Gasteiger partial charge in [-0.1, -0.05) is 12.1 Å². The number of halogens is 5. The Balaban J connectivity index is 2.39. The van der Waals surface area contributed by atoms with E-state index < -0.39 is 34.9 Å². The summed E-state index contributed by atoms with van der Waals surface area (Å²) in [6, 6.07) is 4.49. The second kappa shape index (κ2) is 6.55. The van der Waals surface area contributed by atoms with Crippen molar-refractivity contribution in [2.45, 2.75) is 12.5 Å². The van der Waals surface area contributed by atoms with E-state index in [1.807, 2.05) is 0 Å². The van der Waals surface area contributed by atoms with Crippen LogP contribution in [0.15, 0.2) is 34.8 Å². The lowest BCUT2D eigenvalue weighted by atomic mass is 9.98. The number of hydrogen-bond donors (Lipinski definition) is 2. The summed E-state index contributed by atoms with van der Waals surface area (Å²) in [5, 5.41) is 0. The molecule has 0 aromatic heterocycles. The summed E-state index contributed by atoms with van der Waals surface area (Å²) in [6.45, 7) is 0. The highest BCUT2D eigenvalue weighted by molar-refractivity contribution is 9.10. The van der Waals surface area contributed by atoms with Crippen molar-refractivity contribution < 1.29 is 17.6 Å². The highest BCUT2D eigenvalue weighted by Crippen LogP contribution is 2.28. The maximum absolute atomic E-state index is 13.8. The van der Waals surface area contributed by atoms with E-state index in [4.69, 9.17) is 5.84 Å². The van der Waals surface area contributed by atoms with Crippen molar-refractivity contribution in [3.63, 3.8) is 0 Å². The molecule has 0 amide bonds. The van der Waals surface area contributed by atoms with Gasteiger partial charge in [0.05, 0.1) is 10.5 Å². The van der Waals surface area contributed by atoms with Gasteiger partial charge in [-0.2, -0.15) is 0 Å². The van der Waals surface area contributed by atoms with Crippen LogP contribution < -0.4 is 11.3 Å². The highest BCUT2D eigenvalue weighted by Gasteiger charge is 2.22. The third-order valence-corrected chi connectivity index (χ3v) is 3.94. The SMILES string of the molecule is NNC(Cc1cccc(F)c1Br)c1c(F)cc(F)cc1F. The third kappa shape index (κ3) is 3.42. The minimum atomic E-state index is -1.05. The molecule has 0 heterocycles. The van der Waals surface area contributed by atoms with Crippen LogP contribution >= 0.6 is 15.9 Å². The first kappa shape index (κ1) is 15.9. The number of rotatable bonds is 4. The fourth-order valence-corrected chi connectivity index (χ4v) is 2.48. The molecule has 21 heavy (non-hydrogen) atoms. The molecule has 112 valence electrons. The molecule has 3 N–H and O–H groups in total. The van der Waals surface area contributed by atoms with Gasteiger partial charge in [-0.25, -0.2) is 17.6 Å². The van der Waals surface area contributed by atoms with Gasteiger partial charge in [0.1, 0.15) is 23.3 Å². The van der Waals surface area contributed by atoms with Gasteiger partial charge in [0.2, 0.25) is 0 Å². The van der Waals surface area contributed by atoms with Crippen molar-refractivity contribution in [2.24, 2.45) is 5.84 Å². The van der Waals surface area contributed by atoms with Gasteiger partial charge < -0.3 is 0 Å². The van der Waals surface area contributed by atoms with Gasteiger partial charge in [-0.15, -0.1) is 0 Å². The predicted octanol–water partition coefficient (Wildman–Crippen LogP) is 3.75. The molecule has 0 spiro atoms. The molecule has 1 unspecified atom stereocenters. The molecule has 0 saturated carbocycles. The smallest absolute Gasteiger partial charge is 0.137 e. The van der Waals surface area contributed by atoms with E-state index in [9.17, 15) is 17.6 Å². The van der Waals surface area contributed by atoms with Crippen LogP contribution in [0.5, 0.6) is 0 Å². The molecular weight excluding hydrogens is 352 g/mol. The van der Waals surface area contributed by atoms with E-state index in [2.05, 4.69) is 21.4 Å². The molecule has 7 heteroatoms. The van der Waals surface area contributed by atoms with E-state index in [0.717, 1.165) is 0 Å². The zero-order chi connectivity index (χ0) is 15.6. The van der Waals surface area contributed by atoms with Crippen molar-refractivity contribution in [2.75, 3.05) is 0 Å². The van der Waals surface area contributed by atoms with E-state index in [-0.39, 0.29) is 10.9 Å². The van der Waals surface area contributed by atoms with Crippen LogP contribution in [0.3, 0.4) is 0 Å². The molecule has 2 nitrogen and oxygen atoms in total. The third-order valence-electron chi connectivity index (χ3n) is 3.05. The van der Waals surface area contributed by atoms with Gasteiger partial charge >= 0.3 is 0 Å². The number of nitrogens with one attached hydrogen (secondary N) is 1. The second-order valence-corrected chi connectivity index (χ2v) is 5.21. The molecule has 0 aliphatic heterocycles. The summed E-state index contributed by atoms with van der Waals surface area (Å²) in [5.41, 5.74) is 2.35. The number of hydrogen-bond acceptors (Lipinski definition) is 2. The second-order valence-electron chi connectivity index (χ2n) is 4.42. The molecule has 0 saturated heterocycles. The first-order valence-corrected chi connectivity index (χ1v) is 6.76. The van der Waals surface area contributed by atoms with Gasteiger partial charge in [-0.05, 0) is 34.0 Å². The number of nitrogens with two attached hydrogens (primary N) is 1. The Morgan fingerprint density at radius 2 is 1.67 bits per heavy atom. The highest BCUT2D eigenvalue weighted by atomic mass is 79.9. The van der Waals surface area contributed by atoms with Gasteiger partial charge in [0.15, 0.2) is 0 Å². The summed E-state index contributed by atoms with van der Waals surface area (Å²) in [5.74, 6) is 1.71. The van der Waals surface area contributed by atoms with Crippen molar-refractivity contribution in [1.82, 2.24) is 5.43 Å². The summed E-state index contributed by atoms with van der Waals surface area (Å²) < 4.78 is 54.1.